The van der Waals surface area contributed by atoms with Gasteiger partial charge >= 0.3 is 5.97 Å². The van der Waals surface area contributed by atoms with Crippen molar-refractivity contribution in [3.63, 3.8) is 0 Å². The Morgan fingerprint density at radius 3 is 2.45 bits per heavy atom. The Bertz CT molecular complexity index is 1040. The van der Waals surface area contributed by atoms with E-state index in [0.29, 0.717) is 16.7 Å². The van der Waals surface area contributed by atoms with Crippen LogP contribution < -0.4 is 4.90 Å². The van der Waals surface area contributed by atoms with Crippen molar-refractivity contribution < 1.29 is 9.53 Å². The third kappa shape index (κ3) is 5.35. The fourth-order valence-electron chi connectivity index (χ4n) is 4.23. The van der Waals surface area contributed by atoms with Crippen LogP contribution in [0.2, 0.25) is 10.0 Å². The van der Waals surface area contributed by atoms with Crippen molar-refractivity contribution in [2.75, 3.05) is 44.2 Å². The molecule has 1 fully saturated rings. The smallest absolute Gasteiger partial charge is 0.325 e. The van der Waals surface area contributed by atoms with Gasteiger partial charge < -0.3 is 14.2 Å². The molecular formula is C24H27Cl2N3O2. The highest BCUT2D eigenvalue weighted by molar-refractivity contribution is 6.35. The van der Waals surface area contributed by atoms with Gasteiger partial charge in [0, 0.05) is 65.6 Å². The Morgan fingerprint density at radius 1 is 1.03 bits per heavy atom. The highest BCUT2D eigenvalue weighted by Gasteiger charge is 2.19. The van der Waals surface area contributed by atoms with Gasteiger partial charge in [-0.25, -0.2) is 0 Å². The third-order valence-electron chi connectivity index (χ3n) is 5.76. The molecule has 4 rings (SSSR count). The number of carbonyl (C=O) groups is 1. The van der Waals surface area contributed by atoms with Crippen LogP contribution in [0.1, 0.15) is 12.5 Å². The van der Waals surface area contributed by atoms with Crippen molar-refractivity contribution in [1.82, 2.24) is 9.47 Å². The Labute approximate surface area is 193 Å². The zero-order valence-corrected chi connectivity index (χ0v) is 19.2. The van der Waals surface area contributed by atoms with E-state index in [-0.39, 0.29) is 12.5 Å². The quantitative estimate of drug-likeness (QED) is 0.472. The molecule has 0 atom stereocenters. The van der Waals surface area contributed by atoms with Crippen LogP contribution in [0.4, 0.5) is 5.69 Å². The van der Waals surface area contributed by atoms with Crippen LogP contribution in [-0.4, -0.2) is 54.8 Å². The summed E-state index contributed by atoms with van der Waals surface area (Å²) in [5.74, 6) is -0.202. The lowest BCUT2D eigenvalue weighted by molar-refractivity contribution is -0.143. The molecule has 5 nitrogen and oxygen atoms in total. The maximum absolute atomic E-state index is 12.0. The SMILES string of the molecule is CCOC(=O)Cn1cc(CCN2CCN(c3cc(Cl)cc(Cl)c3)CC2)c2ccccc21. The number of ether oxygens (including phenoxy) is 1. The van der Waals surface area contributed by atoms with Crippen molar-refractivity contribution in [3.8, 4) is 0 Å². The van der Waals surface area contributed by atoms with Gasteiger partial charge in [0.25, 0.3) is 0 Å². The molecule has 7 heteroatoms. The Morgan fingerprint density at radius 2 is 1.74 bits per heavy atom. The Kier molecular flexibility index (Phi) is 7.06. The zero-order chi connectivity index (χ0) is 21.8. The zero-order valence-electron chi connectivity index (χ0n) is 17.7. The first kappa shape index (κ1) is 22.0. The summed E-state index contributed by atoms with van der Waals surface area (Å²) >= 11 is 12.3. The first-order valence-electron chi connectivity index (χ1n) is 10.7. The monoisotopic (exact) mass is 459 g/mol. The minimum Gasteiger partial charge on any atom is -0.465 e. The minimum atomic E-state index is -0.202. The van der Waals surface area contributed by atoms with Gasteiger partial charge in [-0.05, 0) is 43.2 Å². The van der Waals surface area contributed by atoms with Crippen LogP contribution in [0.3, 0.4) is 0 Å². The van der Waals surface area contributed by atoms with E-state index in [0.717, 1.165) is 50.3 Å². The summed E-state index contributed by atoms with van der Waals surface area (Å²) in [5, 5.41) is 2.55. The molecule has 1 aromatic heterocycles. The largest absolute Gasteiger partial charge is 0.465 e. The maximum Gasteiger partial charge on any atom is 0.325 e. The molecular weight excluding hydrogens is 433 g/mol. The van der Waals surface area contributed by atoms with Crippen LogP contribution in [0.25, 0.3) is 10.9 Å². The van der Waals surface area contributed by atoms with Gasteiger partial charge in [0.1, 0.15) is 6.54 Å². The summed E-state index contributed by atoms with van der Waals surface area (Å²) in [7, 11) is 0. The van der Waals surface area contributed by atoms with Crippen molar-refractivity contribution in [2.24, 2.45) is 0 Å². The summed E-state index contributed by atoms with van der Waals surface area (Å²) in [6.07, 6.45) is 3.05. The van der Waals surface area contributed by atoms with Gasteiger partial charge in [-0.1, -0.05) is 41.4 Å². The summed E-state index contributed by atoms with van der Waals surface area (Å²) in [6.45, 7) is 7.34. The lowest BCUT2D eigenvalue weighted by atomic mass is 10.1. The number of carbonyl (C=O) groups excluding carboxylic acids is 1. The van der Waals surface area contributed by atoms with E-state index < -0.39 is 0 Å². The maximum atomic E-state index is 12.0. The van der Waals surface area contributed by atoms with Crippen LogP contribution in [0.5, 0.6) is 0 Å². The van der Waals surface area contributed by atoms with E-state index in [1.807, 2.05) is 29.7 Å². The minimum absolute atomic E-state index is 0.202. The second kappa shape index (κ2) is 9.94. The normalized spacial score (nSPS) is 14.9. The van der Waals surface area contributed by atoms with Gasteiger partial charge in [-0.15, -0.1) is 0 Å². The van der Waals surface area contributed by atoms with Gasteiger partial charge in [0.05, 0.1) is 6.61 Å². The number of para-hydroxylation sites is 1. The summed E-state index contributed by atoms with van der Waals surface area (Å²) in [4.78, 5) is 16.8. The van der Waals surface area contributed by atoms with Crippen molar-refractivity contribution in [2.45, 2.75) is 19.9 Å². The van der Waals surface area contributed by atoms with Crippen LogP contribution in [-0.2, 0) is 22.5 Å². The summed E-state index contributed by atoms with van der Waals surface area (Å²) < 4.78 is 7.13. The molecule has 31 heavy (non-hydrogen) atoms. The number of fused-ring (bicyclic) bond motifs is 1. The van der Waals surface area contributed by atoms with E-state index >= 15 is 0 Å². The van der Waals surface area contributed by atoms with E-state index in [9.17, 15) is 4.79 Å². The molecule has 2 aromatic carbocycles. The van der Waals surface area contributed by atoms with Crippen LogP contribution >= 0.6 is 23.2 Å². The molecule has 0 amide bonds. The second-order valence-electron chi connectivity index (χ2n) is 7.81. The highest BCUT2D eigenvalue weighted by Crippen LogP contribution is 2.27. The number of esters is 1. The molecule has 0 spiro atoms. The average molecular weight is 460 g/mol. The van der Waals surface area contributed by atoms with E-state index in [1.165, 1.54) is 10.9 Å². The molecule has 0 radical (unpaired) electrons. The predicted molar refractivity (Wildman–Crippen MR) is 127 cm³/mol. The van der Waals surface area contributed by atoms with Crippen molar-refractivity contribution in [1.29, 1.82) is 0 Å². The van der Waals surface area contributed by atoms with E-state index in [1.54, 1.807) is 6.07 Å². The van der Waals surface area contributed by atoms with Crippen LogP contribution in [0.15, 0.2) is 48.7 Å². The molecule has 1 aliphatic rings. The number of piperazine rings is 1. The molecule has 0 N–H and O–H groups in total. The lowest BCUT2D eigenvalue weighted by Gasteiger charge is -2.36. The second-order valence-corrected chi connectivity index (χ2v) is 8.68. The lowest BCUT2D eigenvalue weighted by Crippen LogP contribution is -2.47. The van der Waals surface area contributed by atoms with E-state index in [2.05, 4.69) is 34.2 Å². The number of hydrogen-bond donors (Lipinski definition) is 0. The molecule has 0 aliphatic carbocycles. The van der Waals surface area contributed by atoms with Gasteiger partial charge in [-0.3, -0.25) is 9.69 Å². The standard InChI is InChI=1S/C24H27Cl2N3O2/c1-2-31-24(30)17-29-16-18(22-5-3-4-6-23(22)29)7-8-27-9-11-28(12-10-27)21-14-19(25)13-20(26)15-21/h3-6,13-16H,2,7-12,17H2,1H3. The topological polar surface area (TPSA) is 37.7 Å². The Hall–Kier alpha value is -2.21. The molecule has 3 aromatic rings. The number of halogens is 2. The van der Waals surface area contributed by atoms with Crippen LogP contribution in [0, 0.1) is 0 Å². The van der Waals surface area contributed by atoms with Crippen molar-refractivity contribution in [3.05, 3.63) is 64.3 Å². The highest BCUT2D eigenvalue weighted by atomic mass is 35.5. The number of benzene rings is 2. The number of hydrogen-bond acceptors (Lipinski definition) is 4. The number of aromatic nitrogens is 1. The van der Waals surface area contributed by atoms with Gasteiger partial charge in [-0.2, -0.15) is 0 Å². The Balaban J connectivity index is 1.38. The number of nitrogens with zero attached hydrogens (tertiary/aromatic N) is 3. The molecule has 164 valence electrons. The first-order chi connectivity index (χ1) is 15.0. The first-order valence-corrected chi connectivity index (χ1v) is 11.4. The predicted octanol–water partition coefficient (Wildman–Crippen LogP) is 4.88. The average Bonchev–Trinajstić information content (AvgIpc) is 3.09. The van der Waals surface area contributed by atoms with E-state index in [4.69, 9.17) is 27.9 Å². The van der Waals surface area contributed by atoms with Gasteiger partial charge in [0.2, 0.25) is 0 Å². The molecule has 0 bridgehead atoms. The third-order valence-corrected chi connectivity index (χ3v) is 6.19. The number of anilines is 1. The summed E-state index contributed by atoms with van der Waals surface area (Å²) in [5.41, 5.74) is 3.43. The fraction of sp³-hybridized carbons (Fsp3) is 0.375. The molecule has 0 saturated carbocycles. The molecule has 0 unspecified atom stereocenters. The number of rotatable bonds is 7. The fourth-order valence-corrected chi connectivity index (χ4v) is 4.74. The summed E-state index contributed by atoms with van der Waals surface area (Å²) in [6, 6.07) is 14.0. The molecule has 2 heterocycles. The van der Waals surface area contributed by atoms with Crippen molar-refractivity contribution >= 4 is 45.8 Å². The van der Waals surface area contributed by atoms with Gasteiger partial charge in [0.15, 0.2) is 0 Å². The molecule has 1 aliphatic heterocycles. The molecule has 1 saturated heterocycles.